The Balaban J connectivity index is 1.52. The highest BCUT2D eigenvalue weighted by Gasteiger charge is 2.13. The molecular weight excluding hydrogens is 362 g/mol. The molecular formula is C20H15N3O5. The van der Waals surface area contributed by atoms with E-state index in [0.29, 0.717) is 16.7 Å². The first kappa shape index (κ1) is 17.3. The Kier molecular flexibility index (Phi) is 4.29. The number of anilines is 1. The number of aromatic hydroxyl groups is 1. The molecule has 2 heterocycles. The van der Waals surface area contributed by atoms with Gasteiger partial charge in [-0.2, -0.15) is 0 Å². The molecule has 0 radical (unpaired) electrons. The molecule has 3 N–H and O–H groups in total. The number of aromatic amines is 1. The van der Waals surface area contributed by atoms with Crippen LogP contribution in [0.1, 0.15) is 16.1 Å². The smallest absolute Gasteiger partial charge is 0.328 e. The molecule has 1 amide bonds. The van der Waals surface area contributed by atoms with Gasteiger partial charge >= 0.3 is 5.69 Å². The van der Waals surface area contributed by atoms with Crippen molar-refractivity contribution in [3.05, 3.63) is 92.8 Å². The van der Waals surface area contributed by atoms with Crippen LogP contribution in [0.5, 0.6) is 5.88 Å². The molecule has 0 saturated heterocycles. The maximum absolute atomic E-state index is 12.4. The third-order valence-electron chi connectivity index (χ3n) is 4.26. The van der Waals surface area contributed by atoms with Crippen molar-refractivity contribution in [2.45, 2.75) is 6.54 Å². The zero-order valence-corrected chi connectivity index (χ0v) is 14.5. The van der Waals surface area contributed by atoms with Crippen LogP contribution >= 0.6 is 0 Å². The van der Waals surface area contributed by atoms with Gasteiger partial charge < -0.3 is 19.8 Å². The van der Waals surface area contributed by atoms with E-state index in [1.165, 1.54) is 10.8 Å². The number of carbonyl (C=O) groups excluding carboxylic acids is 1. The fourth-order valence-corrected chi connectivity index (χ4v) is 2.82. The lowest BCUT2D eigenvalue weighted by atomic mass is 10.2. The monoisotopic (exact) mass is 377 g/mol. The summed E-state index contributed by atoms with van der Waals surface area (Å²) < 4.78 is 6.69. The van der Waals surface area contributed by atoms with Crippen molar-refractivity contribution in [1.29, 1.82) is 0 Å². The molecule has 2 aromatic heterocycles. The number of rotatable bonds is 4. The number of amides is 1. The Hall–Kier alpha value is -4.07. The van der Waals surface area contributed by atoms with Gasteiger partial charge in [0.05, 0.1) is 18.1 Å². The number of hydrogen-bond donors (Lipinski definition) is 3. The molecule has 0 aliphatic rings. The molecule has 8 heteroatoms. The first-order valence-corrected chi connectivity index (χ1v) is 8.41. The van der Waals surface area contributed by atoms with E-state index in [1.807, 2.05) is 0 Å². The normalized spacial score (nSPS) is 10.9. The Morgan fingerprint density at radius 3 is 2.57 bits per heavy atom. The number of para-hydroxylation sites is 1. The van der Waals surface area contributed by atoms with Crippen molar-refractivity contribution >= 4 is 22.6 Å². The number of hydrogen-bond acceptors (Lipinski definition) is 5. The standard InChI is InChI=1S/C20H15N3O5/c24-15-9-17(28-16-4-2-1-3-14(15)16)19(26)22-13-7-5-12(6-8-13)11-23-18(25)10-21-20(23)27/h1-10,25H,11H2,(H,21,27)(H,22,26). The van der Waals surface area contributed by atoms with E-state index in [-0.39, 0.29) is 23.6 Å². The van der Waals surface area contributed by atoms with Gasteiger partial charge in [-0.15, -0.1) is 0 Å². The summed E-state index contributed by atoms with van der Waals surface area (Å²) in [4.78, 5) is 38.5. The molecule has 8 nitrogen and oxygen atoms in total. The number of aromatic nitrogens is 2. The van der Waals surface area contributed by atoms with Gasteiger partial charge in [-0.05, 0) is 29.8 Å². The SMILES string of the molecule is O=C(Nc1ccc(Cn2c(O)c[nH]c2=O)cc1)c1cc(=O)c2ccccc2o1. The van der Waals surface area contributed by atoms with E-state index >= 15 is 0 Å². The highest BCUT2D eigenvalue weighted by molar-refractivity contribution is 6.02. The van der Waals surface area contributed by atoms with Crippen LogP contribution in [0.3, 0.4) is 0 Å². The third-order valence-corrected chi connectivity index (χ3v) is 4.26. The minimum atomic E-state index is -0.546. The number of fused-ring (bicyclic) bond motifs is 1. The fourth-order valence-electron chi connectivity index (χ4n) is 2.82. The fraction of sp³-hybridized carbons (Fsp3) is 0.0500. The second kappa shape index (κ2) is 6.92. The molecule has 0 unspecified atom stereocenters. The summed E-state index contributed by atoms with van der Waals surface area (Å²) in [5, 5.41) is 12.7. The van der Waals surface area contributed by atoms with E-state index < -0.39 is 11.6 Å². The van der Waals surface area contributed by atoms with Crippen molar-refractivity contribution in [3.63, 3.8) is 0 Å². The van der Waals surface area contributed by atoms with E-state index in [2.05, 4.69) is 10.3 Å². The largest absolute Gasteiger partial charge is 0.493 e. The summed E-state index contributed by atoms with van der Waals surface area (Å²) in [6.45, 7) is 0.182. The van der Waals surface area contributed by atoms with Crippen LogP contribution in [0.25, 0.3) is 11.0 Å². The Morgan fingerprint density at radius 1 is 1.11 bits per heavy atom. The van der Waals surface area contributed by atoms with Gasteiger partial charge in [0, 0.05) is 11.8 Å². The lowest BCUT2D eigenvalue weighted by molar-refractivity contribution is 0.0997. The zero-order chi connectivity index (χ0) is 19.7. The average molecular weight is 377 g/mol. The van der Waals surface area contributed by atoms with Gasteiger partial charge in [-0.25, -0.2) is 4.79 Å². The Bertz CT molecular complexity index is 1280. The quantitative estimate of drug-likeness (QED) is 0.504. The Morgan fingerprint density at radius 2 is 1.86 bits per heavy atom. The average Bonchev–Trinajstić information content (AvgIpc) is 3.01. The molecule has 0 saturated carbocycles. The van der Waals surface area contributed by atoms with Gasteiger partial charge in [-0.3, -0.25) is 14.2 Å². The minimum absolute atomic E-state index is 0.0865. The first-order chi connectivity index (χ1) is 13.5. The first-order valence-electron chi connectivity index (χ1n) is 8.41. The summed E-state index contributed by atoms with van der Waals surface area (Å²) in [7, 11) is 0. The van der Waals surface area contributed by atoms with Crippen LogP contribution in [0.15, 0.2) is 74.8 Å². The predicted octanol–water partition coefficient (Wildman–Crippen LogP) is 2.29. The van der Waals surface area contributed by atoms with Crippen molar-refractivity contribution < 1.29 is 14.3 Å². The number of nitrogens with zero attached hydrogens (tertiary/aromatic N) is 1. The summed E-state index contributed by atoms with van der Waals surface area (Å²) in [6.07, 6.45) is 1.22. The summed E-state index contributed by atoms with van der Waals surface area (Å²) in [6, 6.07) is 14.6. The zero-order valence-electron chi connectivity index (χ0n) is 14.5. The van der Waals surface area contributed by atoms with Crippen molar-refractivity contribution in [1.82, 2.24) is 9.55 Å². The van der Waals surface area contributed by atoms with Crippen LogP contribution in [0, 0.1) is 0 Å². The van der Waals surface area contributed by atoms with Gasteiger partial charge in [0.2, 0.25) is 5.88 Å². The maximum Gasteiger partial charge on any atom is 0.328 e. The highest BCUT2D eigenvalue weighted by atomic mass is 16.3. The Labute approximate surface area is 157 Å². The highest BCUT2D eigenvalue weighted by Crippen LogP contribution is 2.16. The molecule has 0 spiro atoms. The van der Waals surface area contributed by atoms with E-state index in [9.17, 15) is 19.5 Å². The van der Waals surface area contributed by atoms with Crippen molar-refractivity contribution in [2.75, 3.05) is 5.32 Å². The topological polar surface area (TPSA) is 117 Å². The number of benzene rings is 2. The number of carbonyl (C=O) groups is 1. The van der Waals surface area contributed by atoms with E-state index in [0.717, 1.165) is 11.6 Å². The predicted molar refractivity (Wildman–Crippen MR) is 103 cm³/mol. The number of H-pyrrole nitrogens is 1. The molecule has 28 heavy (non-hydrogen) atoms. The van der Waals surface area contributed by atoms with Crippen LogP contribution in [0.4, 0.5) is 5.69 Å². The van der Waals surface area contributed by atoms with Crippen LogP contribution in [-0.2, 0) is 6.54 Å². The lowest BCUT2D eigenvalue weighted by Crippen LogP contribution is -2.17. The molecule has 140 valence electrons. The van der Waals surface area contributed by atoms with E-state index in [1.54, 1.807) is 48.5 Å². The molecule has 4 rings (SSSR count). The molecule has 0 aliphatic carbocycles. The summed E-state index contributed by atoms with van der Waals surface area (Å²) in [5.74, 6) is -0.791. The molecule has 0 atom stereocenters. The molecule has 0 fully saturated rings. The summed E-state index contributed by atoms with van der Waals surface area (Å²) >= 11 is 0. The van der Waals surface area contributed by atoms with Crippen LogP contribution in [0.2, 0.25) is 0 Å². The lowest BCUT2D eigenvalue weighted by Gasteiger charge is -2.07. The molecule has 2 aromatic carbocycles. The second-order valence-electron chi connectivity index (χ2n) is 6.16. The molecule has 4 aromatic rings. The van der Waals surface area contributed by atoms with E-state index in [4.69, 9.17) is 4.42 Å². The van der Waals surface area contributed by atoms with Crippen LogP contribution in [-0.4, -0.2) is 20.6 Å². The summed E-state index contributed by atoms with van der Waals surface area (Å²) in [5.41, 5.74) is 0.884. The van der Waals surface area contributed by atoms with Gasteiger partial charge in [0.1, 0.15) is 5.58 Å². The van der Waals surface area contributed by atoms with Gasteiger partial charge in [-0.1, -0.05) is 24.3 Å². The van der Waals surface area contributed by atoms with Gasteiger partial charge in [0.25, 0.3) is 5.91 Å². The second-order valence-corrected chi connectivity index (χ2v) is 6.16. The minimum Gasteiger partial charge on any atom is -0.493 e. The van der Waals surface area contributed by atoms with Crippen molar-refractivity contribution in [2.24, 2.45) is 0 Å². The number of imidazole rings is 1. The molecule has 0 bridgehead atoms. The third kappa shape index (κ3) is 3.30. The van der Waals surface area contributed by atoms with Crippen LogP contribution < -0.4 is 16.4 Å². The van der Waals surface area contributed by atoms with Gasteiger partial charge in [0.15, 0.2) is 11.2 Å². The maximum atomic E-state index is 12.4. The van der Waals surface area contributed by atoms with Crippen molar-refractivity contribution in [3.8, 4) is 5.88 Å². The number of nitrogens with one attached hydrogen (secondary N) is 2. The molecule has 0 aliphatic heterocycles.